The van der Waals surface area contributed by atoms with Gasteiger partial charge in [0.1, 0.15) is 10.6 Å². The third-order valence-corrected chi connectivity index (χ3v) is 6.70. The molecule has 0 atom stereocenters. The first kappa shape index (κ1) is 28.0. The maximum atomic E-state index is 12.8. The Hall–Kier alpha value is -3.61. The molecule has 13 heteroatoms. The van der Waals surface area contributed by atoms with Gasteiger partial charge in [-0.1, -0.05) is 27.5 Å². The van der Waals surface area contributed by atoms with Gasteiger partial charge in [-0.2, -0.15) is 13.5 Å². The summed E-state index contributed by atoms with van der Waals surface area (Å²) in [6, 6.07) is 13.2. The Morgan fingerprint density at radius 3 is 2.30 bits per heavy atom. The van der Waals surface area contributed by atoms with E-state index in [2.05, 4.69) is 31.8 Å². The van der Waals surface area contributed by atoms with Crippen LogP contribution in [0.3, 0.4) is 0 Å². The number of hydrazone groups is 1. The highest BCUT2D eigenvalue weighted by atomic mass is 79.9. The molecule has 0 spiro atoms. The van der Waals surface area contributed by atoms with Gasteiger partial charge in [0.05, 0.1) is 31.0 Å². The molecule has 3 rings (SSSR count). The first-order valence-corrected chi connectivity index (χ1v) is 13.0. The number of amides is 2. The quantitative estimate of drug-likeness (QED) is 0.205. The summed E-state index contributed by atoms with van der Waals surface area (Å²) in [5.41, 5.74) is 3.48. The highest BCUT2D eigenvalue weighted by molar-refractivity contribution is 9.10. The SMILES string of the molecule is COc1ccc(Br)cc1C(=O)N/N=C\c1cc(Cl)c(OS(=O)(=O)c2ccc(NC(C)=O)cc2)c(OC)c1. The van der Waals surface area contributed by atoms with Crippen molar-refractivity contribution in [1.82, 2.24) is 5.43 Å². The van der Waals surface area contributed by atoms with Gasteiger partial charge in [0.25, 0.3) is 5.91 Å². The third kappa shape index (κ3) is 7.21. The van der Waals surface area contributed by atoms with Crippen molar-refractivity contribution < 1.29 is 31.7 Å². The van der Waals surface area contributed by atoms with Crippen LogP contribution in [0.2, 0.25) is 5.02 Å². The van der Waals surface area contributed by atoms with Crippen molar-refractivity contribution in [2.24, 2.45) is 5.10 Å². The summed E-state index contributed by atoms with van der Waals surface area (Å²) in [5.74, 6) is -0.641. The number of halogens is 2. The molecule has 3 aromatic carbocycles. The van der Waals surface area contributed by atoms with Crippen LogP contribution in [0.5, 0.6) is 17.2 Å². The Bertz CT molecular complexity index is 1460. The van der Waals surface area contributed by atoms with Crippen LogP contribution in [0.25, 0.3) is 0 Å². The zero-order valence-corrected chi connectivity index (χ0v) is 22.9. The van der Waals surface area contributed by atoms with Crippen LogP contribution in [-0.2, 0) is 14.9 Å². The number of anilines is 1. The lowest BCUT2D eigenvalue weighted by atomic mass is 10.2. The minimum Gasteiger partial charge on any atom is -0.496 e. The van der Waals surface area contributed by atoms with Gasteiger partial charge in [-0.05, 0) is 60.2 Å². The van der Waals surface area contributed by atoms with E-state index in [9.17, 15) is 18.0 Å². The van der Waals surface area contributed by atoms with Crippen molar-refractivity contribution in [2.75, 3.05) is 19.5 Å². The monoisotopic (exact) mass is 609 g/mol. The zero-order valence-electron chi connectivity index (χ0n) is 19.7. The van der Waals surface area contributed by atoms with Gasteiger partial charge in [0, 0.05) is 17.1 Å². The highest BCUT2D eigenvalue weighted by Crippen LogP contribution is 2.38. The largest absolute Gasteiger partial charge is 0.496 e. The van der Waals surface area contributed by atoms with Gasteiger partial charge in [-0.15, -0.1) is 0 Å². The Balaban J connectivity index is 1.78. The van der Waals surface area contributed by atoms with Crippen LogP contribution in [0.4, 0.5) is 5.69 Å². The lowest BCUT2D eigenvalue weighted by Crippen LogP contribution is -2.18. The van der Waals surface area contributed by atoms with Crippen LogP contribution in [0.1, 0.15) is 22.8 Å². The van der Waals surface area contributed by atoms with Gasteiger partial charge < -0.3 is 19.0 Å². The highest BCUT2D eigenvalue weighted by Gasteiger charge is 2.22. The maximum absolute atomic E-state index is 12.8. The molecule has 0 fully saturated rings. The number of benzene rings is 3. The maximum Gasteiger partial charge on any atom is 0.339 e. The van der Waals surface area contributed by atoms with Gasteiger partial charge in [0.15, 0.2) is 5.75 Å². The smallest absolute Gasteiger partial charge is 0.339 e. The molecule has 0 aliphatic rings. The van der Waals surface area contributed by atoms with Crippen molar-refractivity contribution >= 4 is 61.4 Å². The molecule has 3 aromatic rings. The van der Waals surface area contributed by atoms with Crippen LogP contribution < -0.4 is 24.4 Å². The number of carbonyl (C=O) groups excluding carboxylic acids is 2. The Morgan fingerprint density at radius 1 is 1.00 bits per heavy atom. The van der Waals surface area contributed by atoms with E-state index in [0.29, 0.717) is 21.5 Å². The molecule has 2 N–H and O–H groups in total. The summed E-state index contributed by atoms with van der Waals surface area (Å²) in [6.45, 7) is 1.34. The topological polar surface area (TPSA) is 132 Å². The molecule has 0 aromatic heterocycles. The lowest BCUT2D eigenvalue weighted by Gasteiger charge is -2.13. The van der Waals surface area contributed by atoms with E-state index in [1.54, 1.807) is 18.2 Å². The Kier molecular flexibility index (Phi) is 9.14. The second-order valence-corrected chi connectivity index (χ2v) is 10.2. The molecule has 2 amide bonds. The van der Waals surface area contributed by atoms with Crippen molar-refractivity contribution in [1.29, 1.82) is 0 Å². The zero-order chi connectivity index (χ0) is 27.2. The predicted octanol–water partition coefficient (Wildman–Crippen LogP) is 4.61. The normalized spacial score (nSPS) is 11.2. The van der Waals surface area contributed by atoms with Gasteiger partial charge in [-0.25, -0.2) is 5.43 Å². The predicted molar refractivity (Wildman–Crippen MR) is 142 cm³/mol. The number of nitrogens with zero attached hydrogens (tertiary/aromatic N) is 1. The van der Waals surface area contributed by atoms with E-state index in [0.717, 1.165) is 0 Å². The molecular weight excluding hydrogens is 590 g/mol. The average molecular weight is 611 g/mol. The second kappa shape index (κ2) is 12.1. The van der Waals surface area contributed by atoms with Crippen molar-refractivity contribution in [2.45, 2.75) is 11.8 Å². The van der Waals surface area contributed by atoms with Gasteiger partial charge >= 0.3 is 10.1 Å². The minimum atomic E-state index is -4.28. The fraction of sp³-hybridized carbons (Fsp3) is 0.125. The number of methoxy groups -OCH3 is 2. The lowest BCUT2D eigenvalue weighted by molar-refractivity contribution is -0.114. The number of hydrogen-bond donors (Lipinski definition) is 2. The second-order valence-electron chi connectivity index (χ2n) is 7.32. The van der Waals surface area contributed by atoms with Crippen LogP contribution in [0.15, 0.2) is 69.1 Å². The summed E-state index contributed by atoms with van der Waals surface area (Å²) >= 11 is 9.60. The molecule has 0 radical (unpaired) electrons. The van der Waals surface area contributed by atoms with E-state index in [4.69, 9.17) is 25.3 Å². The Labute approximate surface area is 226 Å². The van der Waals surface area contributed by atoms with Gasteiger partial charge in [-0.3, -0.25) is 9.59 Å². The summed E-state index contributed by atoms with van der Waals surface area (Å²) in [6.07, 6.45) is 1.30. The molecule has 0 aliphatic heterocycles. The number of carbonyl (C=O) groups is 2. The number of nitrogens with one attached hydrogen (secondary N) is 2. The molecule has 0 aliphatic carbocycles. The van der Waals surface area contributed by atoms with Crippen LogP contribution >= 0.6 is 27.5 Å². The van der Waals surface area contributed by atoms with E-state index < -0.39 is 16.0 Å². The van der Waals surface area contributed by atoms with E-state index in [1.165, 1.54) is 63.8 Å². The molecule has 0 bridgehead atoms. The van der Waals surface area contributed by atoms with Gasteiger partial charge in [0.2, 0.25) is 11.7 Å². The first-order chi connectivity index (χ1) is 17.5. The summed E-state index contributed by atoms with van der Waals surface area (Å²) in [4.78, 5) is 23.5. The Morgan fingerprint density at radius 2 is 1.68 bits per heavy atom. The molecule has 0 saturated heterocycles. The average Bonchev–Trinajstić information content (AvgIpc) is 2.85. The third-order valence-electron chi connectivity index (χ3n) is 4.69. The molecule has 194 valence electrons. The van der Waals surface area contributed by atoms with Crippen molar-refractivity contribution in [3.8, 4) is 17.2 Å². The minimum absolute atomic E-state index is 0.0207. The summed E-state index contributed by atoms with van der Waals surface area (Å²) in [7, 11) is -1.52. The fourth-order valence-electron chi connectivity index (χ4n) is 3.04. The first-order valence-electron chi connectivity index (χ1n) is 10.4. The standard InChI is InChI=1S/C24H21BrClN3O7S/c1-14(30)28-17-5-7-18(8-6-17)37(32,33)36-23-20(26)10-15(11-22(23)35-3)13-27-29-24(31)19-12-16(25)4-9-21(19)34-2/h4-13H,1-3H3,(H,28,30)(H,29,31)/b27-13-. The van der Waals surface area contributed by atoms with Crippen LogP contribution in [0, 0.1) is 0 Å². The molecular formula is C24H21BrClN3O7S. The molecule has 10 nitrogen and oxygen atoms in total. The molecule has 37 heavy (non-hydrogen) atoms. The number of ether oxygens (including phenoxy) is 2. The summed E-state index contributed by atoms with van der Waals surface area (Å²) in [5, 5.41) is 6.40. The molecule has 0 saturated carbocycles. The number of rotatable bonds is 9. The van der Waals surface area contributed by atoms with Crippen molar-refractivity contribution in [3.63, 3.8) is 0 Å². The molecule has 0 heterocycles. The van der Waals surface area contributed by atoms with E-state index in [1.807, 2.05) is 0 Å². The number of hydrogen-bond acceptors (Lipinski definition) is 8. The van der Waals surface area contributed by atoms with Crippen LogP contribution in [-0.4, -0.2) is 40.7 Å². The fourth-order valence-corrected chi connectivity index (χ4v) is 4.67. The van der Waals surface area contributed by atoms with Crippen molar-refractivity contribution in [3.05, 3.63) is 75.2 Å². The van der Waals surface area contributed by atoms with E-state index >= 15 is 0 Å². The van der Waals surface area contributed by atoms with E-state index in [-0.39, 0.29) is 32.9 Å². The summed E-state index contributed by atoms with van der Waals surface area (Å²) < 4.78 is 42.0. The molecule has 0 unspecified atom stereocenters.